The molecule has 0 aromatic carbocycles. The Morgan fingerprint density at radius 1 is 1.42 bits per heavy atom. The number of aromatic nitrogens is 2. The van der Waals surface area contributed by atoms with Gasteiger partial charge < -0.3 is 14.8 Å². The molecule has 2 N–H and O–H groups in total. The van der Waals surface area contributed by atoms with E-state index in [1.807, 2.05) is 13.8 Å². The van der Waals surface area contributed by atoms with Crippen LogP contribution in [0, 0.1) is 20.8 Å². The van der Waals surface area contributed by atoms with Crippen LogP contribution in [0.4, 0.5) is 5.82 Å². The van der Waals surface area contributed by atoms with Crippen molar-refractivity contribution in [3.8, 4) is 0 Å². The molecule has 2 heterocycles. The first-order chi connectivity index (χ1) is 8.97. The maximum absolute atomic E-state index is 10.9. The Morgan fingerprint density at radius 3 is 2.79 bits per heavy atom. The number of aryl methyl sites for hydroxylation is 3. The quantitative estimate of drug-likeness (QED) is 0.878. The van der Waals surface area contributed by atoms with Gasteiger partial charge >= 0.3 is 5.97 Å². The smallest absolute Gasteiger partial charge is 0.339 e. The van der Waals surface area contributed by atoms with Crippen molar-refractivity contribution in [3.63, 3.8) is 0 Å². The molecule has 0 fully saturated rings. The van der Waals surface area contributed by atoms with Gasteiger partial charge in [-0.3, -0.25) is 4.98 Å². The van der Waals surface area contributed by atoms with Gasteiger partial charge in [-0.15, -0.1) is 0 Å². The fourth-order valence-corrected chi connectivity index (χ4v) is 1.72. The molecule has 6 heteroatoms. The molecule has 0 saturated heterocycles. The van der Waals surface area contributed by atoms with Crippen LogP contribution in [0.15, 0.2) is 16.7 Å². The minimum atomic E-state index is -0.987. The number of carboxylic acids is 1. The Morgan fingerprint density at radius 2 is 2.16 bits per heavy atom. The summed E-state index contributed by atoms with van der Waals surface area (Å²) < 4.78 is 5.38. The third-order valence-corrected chi connectivity index (χ3v) is 2.71. The molecule has 0 bridgehead atoms. The van der Waals surface area contributed by atoms with E-state index in [2.05, 4.69) is 15.3 Å². The molecule has 19 heavy (non-hydrogen) atoms. The number of nitrogens with zero attached hydrogens (tertiary/aromatic N) is 2. The molecule has 100 valence electrons. The summed E-state index contributed by atoms with van der Waals surface area (Å²) in [5.41, 5.74) is 1.78. The lowest BCUT2D eigenvalue weighted by molar-refractivity contribution is 0.0695. The summed E-state index contributed by atoms with van der Waals surface area (Å²) in [6.07, 6.45) is 1.69. The Labute approximate surface area is 110 Å². The first-order valence-electron chi connectivity index (χ1n) is 5.84. The average Bonchev–Trinajstić information content (AvgIpc) is 2.72. The molecule has 0 unspecified atom stereocenters. The first kappa shape index (κ1) is 13.1. The molecule has 0 aliphatic carbocycles. The van der Waals surface area contributed by atoms with Crippen molar-refractivity contribution in [1.29, 1.82) is 0 Å². The molecule has 2 aromatic rings. The Balaban J connectivity index is 2.12. The highest BCUT2D eigenvalue weighted by Gasteiger charge is 2.13. The van der Waals surface area contributed by atoms with E-state index in [9.17, 15) is 4.79 Å². The number of anilines is 1. The van der Waals surface area contributed by atoms with Crippen molar-refractivity contribution >= 4 is 11.8 Å². The zero-order valence-electron chi connectivity index (χ0n) is 11.0. The second-order valence-electron chi connectivity index (χ2n) is 4.29. The molecule has 0 aliphatic heterocycles. The summed E-state index contributed by atoms with van der Waals surface area (Å²) >= 11 is 0. The van der Waals surface area contributed by atoms with Crippen molar-refractivity contribution in [3.05, 3.63) is 40.7 Å². The van der Waals surface area contributed by atoms with Crippen molar-refractivity contribution in [1.82, 2.24) is 9.97 Å². The monoisotopic (exact) mass is 261 g/mol. The molecule has 0 radical (unpaired) electrons. The minimum absolute atomic E-state index is 0.184. The molecular formula is C13H15N3O3. The largest absolute Gasteiger partial charge is 0.478 e. The van der Waals surface area contributed by atoms with Gasteiger partial charge in [-0.2, -0.15) is 0 Å². The summed E-state index contributed by atoms with van der Waals surface area (Å²) in [7, 11) is 0. The van der Waals surface area contributed by atoms with E-state index < -0.39 is 5.97 Å². The summed E-state index contributed by atoms with van der Waals surface area (Å²) in [6.45, 7) is 5.71. The summed E-state index contributed by atoms with van der Waals surface area (Å²) in [4.78, 5) is 19.4. The number of carboxylic acid groups (broad SMARTS) is 1. The summed E-state index contributed by atoms with van der Waals surface area (Å²) in [5, 5.41) is 12.0. The molecular weight excluding hydrogens is 246 g/mol. The maximum Gasteiger partial charge on any atom is 0.339 e. The molecule has 0 atom stereocenters. The van der Waals surface area contributed by atoms with E-state index in [0.717, 1.165) is 11.4 Å². The van der Waals surface area contributed by atoms with Crippen LogP contribution < -0.4 is 5.32 Å². The summed E-state index contributed by atoms with van der Waals surface area (Å²) in [6, 6.07) is 1.52. The van der Waals surface area contributed by atoms with E-state index in [1.165, 1.54) is 6.07 Å². The van der Waals surface area contributed by atoms with Crippen molar-refractivity contribution < 1.29 is 14.3 Å². The van der Waals surface area contributed by atoms with Crippen molar-refractivity contribution in [2.45, 2.75) is 27.3 Å². The highest BCUT2D eigenvalue weighted by molar-refractivity contribution is 5.88. The van der Waals surface area contributed by atoms with Crippen LogP contribution in [0.1, 0.15) is 33.3 Å². The van der Waals surface area contributed by atoms with E-state index in [0.29, 0.717) is 23.9 Å². The molecule has 0 saturated carbocycles. The van der Waals surface area contributed by atoms with Gasteiger partial charge in [-0.25, -0.2) is 9.78 Å². The number of carbonyl (C=O) groups is 1. The van der Waals surface area contributed by atoms with E-state index in [4.69, 9.17) is 9.52 Å². The van der Waals surface area contributed by atoms with Crippen LogP contribution in [-0.4, -0.2) is 21.0 Å². The standard InChI is InChI=1S/C13H15N3O3/c1-7-5-14-8(2)12(16-7)15-6-10-4-11(13(17)18)9(3)19-10/h4-5H,6H2,1-3H3,(H,15,16)(H,17,18). The normalized spacial score (nSPS) is 10.5. The van der Waals surface area contributed by atoms with Crippen LogP contribution >= 0.6 is 0 Å². The van der Waals surface area contributed by atoms with Gasteiger partial charge in [0.05, 0.1) is 17.9 Å². The lowest BCUT2D eigenvalue weighted by atomic mass is 10.2. The average molecular weight is 261 g/mol. The van der Waals surface area contributed by atoms with E-state index in [1.54, 1.807) is 13.1 Å². The zero-order valence-corrected chi connectivity index (χ0v) is 11.0. The lowest BCUT2D eigenvalue weighted by Crippen LogP contribution is -2.04. The van der Waals surface area contributed by atoms with Gasteiger partial charge in [-0.05, 0) is 26.8 Å². The number of hydrogen-bond acceptors (Lipinski definition) is 5. The minimum Gasteiger partial charge on any atom is -0.478 e. The maximum atomic E-state index is 10.9. The fraction of sp³-hybridized carbons (Fsp3) is 0.308. The van der Waals surface area contributed by atoms with E-state index >= 15 is 0 Å². The van der Waals surface area contributed by atoms with Gasteiger partial charge in [0.15, 0.2) is 0 Å². The van der Waals surface area contributed by atoms with Crippen LogP contribution in [0.3, 0.4) is 0 Å². The number of aromatic carboxylic acids is 1. The predicted molar refractivity (Wildman–Crippen MR) is 69.2 cm³/mol. The van der Waals surface area contributed by atoms with Crippen LogP contribution in [0.25, 0.3) is 0 Å². The molecule has 2 aromatic heterocycles. The van der Waals surface area contributed by atoms with Gasteiger partial charge in [-0.1, -0.05) is 0 Å². The fourth-order valence-electron chi connectivity index (χ4n) is 1.72. The molecule has 2 rings (SSSR count). The Bertz CT molecular complexity index is 620. The number of hydrogen-bond donors (Lipinski definition) is 2. The first-order valence-corrected chi connectivity index (χ1v) is 5.84. The van der Waals surface area contributed by atoms with Gasteiger partial charge in [0.2, 0.25) is 0 Å². The third-order valence-electron chi connectivity index (χ3n) is 2.71. The highest BCUT2D eigenvalue weighted by atomic mass is 16.4. The molecule has 6 nitrogen and oxygen atoms in total. The molecule has 0 amide bonds. The topological polar surface area (TPSA) is 88.2 Å². The SMILES string of the molecule is Cc1cnc(C)c(NCc2cc(C(=O)O)c(C)o2)n1. The van der Waals surface area contributed by atoms with E-state index in [-0.39, 0.29) is 5.56 Å². The van der Waals surface area contributed by atoms with Crippen LogP contribution in [0.5, 0.6) is 0 Å². The van der Waals surface area contributed by atoms with Crippen LogP contribution in [0.2, 0.25) is 0 Å². The van der Waals surface area contributed by atoms with Gasteiger partial charge in [0.25, 0.3) is 0 Å². The van der Waals surface area contributed by atoms with Crippen LogP contribution in [-0.2, 0) is 6.54 Å². The zero-order chi connectivity index (χ0) is 14.0. The Kier molecular flexibility index (Phi) is 3.50. The van der Waals surface area contributed by atoms with Crippen molar-refractivity contribution in [2.24, 2.45) is 0 Å². The predicted octanol–water partition coefficient (Wildman–Crippen LogP) is 2.31. The lowest BCUT2D eigenvalue weighted by Gasteiger charge is -2.06. The number of nitrogens with one attached hydrogen (secondary N) is 1. The molecule has 0 aliphatic rings. The number of furan rings is 1. The van der Waals surface area contributed by atoms with Gasteiger partial charge in [0.1, 0.15) is 22.9 Å². The second kappa shape index (κ2) is 5.09. The second-order valence-corrected chi connectivity index (χ2v) is 4.29. The molecule has 0 spiro atoms. The summed E-state index contributed by atoms with van der Waals surface area (Å²) in [5.74, 6) is 0.638. The Hall–Kier alpha value is -2.37. The van der Waals surface area contributed by atoms with Gasteiger partial charge in [0, 0.05) is 6.20 Å². The van der Waals surface area contributed by atoms with Crippen molar-refractivity contribution in [2.75, 3.05) is 5.32 Å². The highest BCUT2D eigenvalue weighted by Crippen LogP contribution is 2.16. The third kappa shape index (κ3) is 2.90. The number of rotatable bonds is 4.